The summed E-state index contributed by atoms with van der Waals surface area (Å²) in [6, 6.07) is 6.33. The van der Waals surface area contributed by atoms with Crippen LogP contribution in [0.2, 0.25) is 0 Å². The van der Waals surface area contributed by atoms with Gasteiger partial charge in [-0.3, -0.25) is 0 Å². The van der Waals surface area contributed by atoms with Gasteiger partial charge >= 0.3 is 0 Å². The van der Waals surface area contributed by atoms with Gasteiger partial charge < -0.3 is 13.9 Å². The molecular formula is C20H24N2O2. The van der Waals surface area contributed by atoms with Crippen molar-refractivity contribution in [2.45, 2.75) is 33.6 Å². The molecular weight excluding hydrogens is 300 g/mol. The molecule has 0 unspecified atom stereocenters. The predicted octanol–water partition coefficient (Wildman–Crippen LogP) is 4.59. The third-order valence-electron chi connectivity index (χ3n) is 4.43. The number of aromatic nitrogens is 2. The Hall–Kier alpha value is -2.49. The first-order chi connectivity index (χ1) is 11.6. The van der Waals surface area contributed by atoms with Gasteiger partial charge in [-0.1, -0.05) is 13.3 Å². The topological polar surface area (TPSA) is 35.8 Å². The van der Waals surface area contributed by atoms with Gasteiger partial charge in [0.15, 0.2) is 0 Å². The van der Waals surface area contributed by atoms with E-state index in [1.807, 2.05) is 6.20 Å². The molecule has 0 fully saturated rings. The molecule has 0 bridgehead atoms. The van der Waals surface area contributed by atoms with Gasteiger partial charge in [-0.2, -0.15) is 0 Å². The Labute approximate surface area is 143 Å². The molecule has 3 rings (SSSR count). The predicted molar refractivity (Wildman–Crippen MR) is 97.2 cm³/mol. The zero-order chi connectivity index (χ0) is 17.3. The smallest absolute Gasteiger partial charge is 0.145 e. The van der Waals surface area contributed by atoms with E-state index in [-0.39, 0.29) is 0 Å². The highest BCUT2D eigenvalue weighted by atomic mass is 16.5. The molecule has 4 heteroatoms. The van der Waals surface area contributed by atoms with Crippen LogP contribution < -0.4 is 9.47 Å². The Morgan fingerprint density at radius 1 is 1.04 bits per heavy atom. The lowest BCUT2D eigenvalue weighted by atomic mass is 9.97. The summed E-state index contributed by atoms with van der Waals surface area (Å²) < 4.78 is 13.5. The molecule has 0 saturated heterocycles. The Kier molecular flexibility index (Phi) is 4.47. The van der Waals surface area contributed by atoms with Crippen LogP contribution in [0.15, 0.2) is 30.6 Å². The molecule has 0 aliphatic rings. The van der Waals surface area contributed by atoms with E-state index in [2.05, 4.69) is 54.6 Å². The van der Waals surface area contributed by atoms with Crippen LogP contribution in [0.5, 0.6) is 11.5 Å². The van der Waals surface area contributed by atoms with Gasteiger partial charge in [0, 0.05) is 23.7 Å². The number of rotatable bonds is 5. The SMILES string of the molecule is CCCc1cc(OC)c(-c2c(C)ccn3c(C)cnc23)c(OC)c1. The second-order valence-corrected chi connectivity index (χ2v) is 6.09. The van der Waals surface area contributed by atoms with Crippen LogP contribution in [0, 0.1) is 13.8 Å². The number of fused-ring (bicyclic) bond motifs is 1. The minimum atomic E-state index is 0.828. The van der Waals surface area contributed by atoms with Crippen LogP contribution in [0.25, 0.3) is 16.8 Å². The molecule has 0 N–H and O–H groups in total. The number of ether oxygens (including phenoxy) is 2. The third kappa shape index (κ3) is 2.62. The zero-order valence-corrected chi connectivity index (χ0v) is 15.0. The van der Waals surface area contributed by atoms with Crippen LogP contribution in [0.3, 0.4) is 0 Å². The van der Waals surface area contributed by atoms with Crippen LogP contribution >= 0.6 is 0 Å². The fourth-order valence-corrected chi connectivity index (χ4v) is 3.22. The zero-order valence-electron chi connectivity index (χ0n) is 15.0. The molecule has 0 amide bonds. The number of hydrogen-bond acceptors (Lipinski definition) is 3. The van der Waals surface area contributed by atoms with Crippen molar-refractivity contribution >= 4 is 5.65 Å². The van der Waals surface area contributed by atoms with E-state index in [0.29, 0.717) is 0 Å². The summed E-state index contributed by atoms with van der Waals surface area (Å²) in [6.45, 7) is 6.32. The van der Waals surface area contributed by atoms with Gasteiger partial charge in [-0.15, -0.1) is 0 Å². The molecule has 0 aliphatic carbocycles. The van der Waals surface area contributed by atoms with Gasteiger partial charge in [-0.05, 0) is 49.6 Å². The van der Waals surface area contributed by atoms with Crippen molar-refractivity contribution in [1.29, 1.82) is 0 Å². The Morgan fingerprint density at radius 3 is 2.29 bits per heavy atom. The van der Waals surface area contributed by atoms with E-state index < -0.39 is 0 Å². The second kappa shape index (κ2) is 6.56. The molecule has 126 valence electrons. The van der Waals surface area contributed by atoms with Crippen molar-refractivity contribution in [2.75, 3.05) is 14.2 Å². The maximum atomic E-state index is 5.72. The quantitative estimate of drug-likeness (QED) is 0.689. The van der Waals surface area contributed by atoms with E-state index in [4.69, 9.17) is 9.47 Å². The molecule has 0 atom stereocenters. The molecule has 0 aliphatic heterocycles. The summed E-state index contributed by atoms with van der Waals surface area (Å²) in [4.78, 5) is 4.62. The average molecular weight is 324 g/mol. The Bertz CT molecular complexity index is 856. The summed E-state index contributed by atoms with van der Waals surface area (Å²) in [5, 5.41) is 0. The number of nitrogens with zero attached hydrogens (tertiary/aromatic N) is 2. The molecule has 0 saturated carbocycles. The van der Waals surface area contributed by atoms with Crippen LogP contribution in [-0.4, -0.2) is 23.6 Å². The molecule has 4 nitrogen and oxygen atoms in total. The monoisotopic (exact) mass is 324 g/mol. The van der Waals surface area contributed by atoms with Crippen molar-refractivity contribution in [2.24, 2.45) is 0 Å². The Balaban J connectivity index is 2.35. The Morgan fingerprint density at radius 2 is 1.71 bits per heavy atom. The first-order valence-electron chi connectivity index (χ1n) is 8.29. The minimum absolute atomic E-state index is 0.828. The number of hydrogen-bond donors (Lipinski definition) is 0. The molecule has 0 spiro atoms. The number of benzene rings is 1. The summed E-state index contributed by atoms with van der Waals surface area (Å²) in [6.07, 6.45) is 6.03. The van der Waals surface area contributed by atoms with Gasteiger partial charge in [0.05, 0.1) is 19.8 Å². The fourth-order valence-electron chi connectivity index (χ4n) is 3.22. The summed E-state index contributed by atoms with van der Waals surface area (Å²) >= 11 is 0. The normalized spacial score (nSPS) is 11.0. The number of aryl methyl sites for hydroxylation is 3. The van der Waals surface area contributed by atoms with Crippen molar-refractivity contribution in [3.05, 3.63) is 47.4 Å². The number of methoxy groups -OCH3 is 2. The van der Waals surface area contributed by atoms with Gasteiger partial charge in [0.2, 0.25) is 0 Å². The molecule has 2 aromatic heterocycles. The van der Waals surface area contributed by atoms with Gasteiger partial charge in [0.1, 0.15) is 17.1 Å². The van der Waals surface area contributed by atoms with Crippen LogP contribution in [-0.2, 0) is 6.42 Å². The van der Waals surface area contributed by atoms with Crippen molar-refractivity contribution in [1.82, 2.24) is 9.38 Å². The standard InChI is InChI=1S/C20H24N2O2/c1-6-7-15-10-16(23-4)19(17(11-15)24-5)18-13(2)8-9-22-14(3)12-21-20(18)22/h8-12H,6-7H2,1-5H3. The lowest BCUT2D eigenvalue weighted by Crippen LogP contribution is -2.00. The van der Waals surface area contributed by atoms with Crippen molar-refractivity contribution in [3.8, 4) is 22.6 Å². The molecule has 3 aromatic rings. The summed E-state index contributed by atoms with van der Waals surface area (Å²) in [5.41, 5.74) is 6.42. The molecule has 2 heterocycles. The number of imidazole rings is 1. The van der Waals surface area contributed by atoms with E-state index in [1.165, 1.54) is 5.56 Å². The summed E-state index contributed by atoms with van der Waals surface area (Å²) in [7, 11) is 3.42. The molecule has 0 radical (unpaired) electrons. The average Bonchev–Trinajstić information content (AvgIpc) is 2.96. The third-order valence-corrected chi connectivity index (χ3v) is 4.43. The highest BCUT2D eigenvalue weighted by molar-refractivity contribution is 5.88. The fraction of sp³-hybridized carbons (Fsp3) is 0.350. The lowest BCUT2D eigenvalue weighted by Gasteiger charge is -2.18. The first kappa shape index (κ1) is 16.4. The number of pyridine rings is 1. The molecule has 24 heavy (non-hydrogen) atoms. The van der Waals surface area contributed by atoms with E-state index in [1.54, 1.807) is 14.2 Å². The lowest BCUT2D eigenvalue weighted by molar-refractivity contribution is 0.396. The van der Waals surface area contributed by atoms with Crippen molar-refractivity contribution in [3.63, 3.8) is 0 Å². The van der Waals surface area contributed by atoms with Gasteiger partial charge in [-0.25, -0.2) is 4.98 Å². The highest BCUT2D eigenvalue weighted by Gasteiger charge is 2.20. The maximum Gasteiger partial charge on any atom is 0.145 e. The van der Waals surface area contributed by atoms with Crippen molar-refractivity contribution < 1.29 is 9.47 Å². The van der Waals surface area contributed by atoms with E-state index in [9.17, 15) is 0 Å². The highest BCUT2D eigenvalue weighted by Crippen LogP contribution is 2.43. The van der Waals surface area contributed by atoms with E-state index in [0.717, 1.165) is 52.4 Å². The first-order valence-corrected chi connectivity index (χ1v) is 8.29. The summed E-state index contributed by atoms with van der Waals surface area (Å²) in [5.74, 6) is 1.66. The van der Waals surface area contributed by atoms with Crippen LogP contribution in [0.4, 0.5) is 0 Å². The largest absolute Gasteiger partial charge is 0.496 e. The second-order valence-electron chi connectivity index (χ2n) is 6.09. The maximum absolute atomic E-state index is 5.72. The van der Waals surface area contributed by atoms with Crippen LogP contribution in [0.1, 0.15) is 30.2 Å². The van der Waals surface area contributed by atoms with Gasteiger partial charge in [0.25, 0.3) is 0 Å². The van der Waals surface area contributed by atoms with E-state index >= 15 is 0 Å². The molecule has 1 aromatic carbocycles. The minimum Gasteiger partial charge on any atom is -0.496 e.